The van der Waals surface area contributed by atoms with E-state index in [0.717, 1.165) is 34.4 Å². The number of carbonyl (C=O) groups is 2. The van der Waals surface area contributed by atoms with E-state index in [4.69, 9.17) is 4.42 Å². The van der Waals surface area contributed by atoms with Crippen LogP contribution in [0.2, 0.25) is 0 Å². The van der Waals surface area contributed by atoms with Crippen molar-refractivity contribution in [1.82, 2.24) is 10.3 Å². The van der Waals surface area contributed by atoms with Gasteiger partial charge in [-0.15, -0.1) is 0 Å². The predicted molar refractivity (Wildman–Crippen MR) is 157 cm³/mol. The fraction of sp³-hybridized carbons (Fsp3) is 0.242. The smallest absolute Gasteiger partial charge is 0.289 e. The largest absolute Gasteiger partial charge is 0.455 e. The Kier molecular flexibility index (Phi) is 7.37. The summed E-state index contributed by atoms with van der Waals surface area (Å²) in [5, 5.41) is 4.47. The lowest BCUT2D eigenvalue weighted by molar-refractivity contribution is 0.0711. The van der Waals surface area contributed by atoms with Gasteiger partial charge in [0.25, 0.3) is 11.8 Å². The number of hydrogen-bond donors (Lipinski definition) is 1. The van der Waals surface area contributed by atoms with Crippen LogP contribution in [0.25, 0.3) is 11.1 Å². The summed E-state index contributed by atoms with van der Waals surface area (Å²) in [5.74, 6) is 0.306. The van der Waals surface area contributed by atoms with Gasteiger partial charge in [0.2, 0.25) is 0 Å². The van der Waals surface area contributed by atoms with Gasteiger partial charge >= 0.3 is 0 Å². The molecular formula is C33H31FN4O3. The third-order valence-electron chi connectivity index (χ3n) is 7.83. The lowest BCUT2D eigenvalue weighted by atomic mass is 9.93. The molecule has 1 fully saturated rings. The molecule has 4 aromatic rings. The van der Waals surface area contributed by atoms with Gasteiger partial charge in [0.1, 0.15) is 11.6 Å². The minimum absolute atomic E-state index is 0.174. The summed E-state index contributed by atoms with van der Waals surface area (Å²) in [4.78, 5) is 30.1. The number of para-hydroxylation sites is 1. The Hall–Kier alpha value is -4.72. The third-order valence-corrected chi connectivity index (χ3v) is 7.83. The molecule has 2 aliphatic rings. The second-order valence-electron chi connectivity index (χ2n) is 10.4. The first-order valence-corrected chi connectivity index (χ1v) is 13.9. The Labute approximate surface area is 238 Å². The number of halogens is 1. The molecule has 208 valence electrons. The van der Waals surface area contributed by atoms with Gasteiger partial charge in [0.05, 0.1) is 11.4 Å². The third kappa shape index (κ3) is 5.37. The maximum absolute atomic E-state index is 14.2. The Bertz CT molecular complexity index is 1600. The minimum Gasteiger partial charge on any atom is -0.455 e. The normalized spacial score (nSPS) is 16.0. The molecule has 41 heavy (non-hydrogen) atoms. The zero-order chi connectivity index (χ0) is 28.3. The first kappa shape index (κ1) is 26.5. The van der Waals surface area contributed by atoms with E-state index in [1.54, 1.807) is 29.2 Å². The van der Waals surface area contributed by atoms with E-state index >= 15 is 0 Å². The fourth-order valence-corrected chi connectivity index (χ4v) is 5.61. The minimum atomic E-state index is -0.297. The molecule has 1 saturated heterocycles. The van der Waals surface area contributed by atoms with Crippen LogP contribution in [0.15, 0.2) is 88.4 Å². The first-order valence-electron chi connectivity index (χ1n) is 13.9. The molecule has 6 rings (SSSR count). The molecule has 0 bridgehead atoms. The number of nitrogens with zero attached hydrogens (tertiary/aromatic N) is 3. The molecule has 2 heterocycles. The van der Waals surface area contributed by atoms with Crippen LogP contribution in [-0.4, -0.2) is 48.6 Å². The highest BCUT2D eigenvalue weighted by Gasteiger charge is 2.32. The summed E-state index contributed by atoms with van der Waals surface area (Å²) in [5.41, 5.74) is 8.15. The van der Waals surface area contributed by atoms with Crippen molar-refractivity contribution in [2.75, 3.05) is 31.1 Å². The van der Waals surface area contributed by atoms with Crippen LogP contribution in [-0.2, 0) is 6.42 Å². The van der Waals surface area contributed by atoms with Crippen molar-refractivity contribution in [3.05, 3.63) is 113 Å². The highest BCUT2D eigenvalue weighted by atomic mass is 19.1. The Morgan fingerprint density at radius 1 is 0.854 bits per heavy atom. The lowest BCUT2D eigenvalue weighted by Gasteiger charge is -2.35. The molecule has 3 aromatic carbocycles. The molecule has 7 nitrogen and oxygen atoms in total. The monoisotopic (exact) mass is 550 g/mol. The number of nitrogens with one attached hydrogen (secondary N) is 1. The number of carbonyl (C=O) groups excluding carboxylic acids is 2. The molecule has 1 aliphatic carbocycles. The Balaban J connectivity index is 1.14. The van der Waals surface area contributed by atoms with Gasteiger partial charge in [0, 0.05) is 49.3 Å². The van der Waals surface area contributed by atoms with Gasteiger partial charge in [-0.3, -0.25) is 9.59 Å². The van der Waals surface area contributed by atoms with Gasteiger partial charge in [-0.1, -0.05) is 54.6 Å². The summed E-state index contributed by atoms with van der Waals surface area (Å²) in [6.45, 7) is 3.89. The molecule has 0 saturated carbocycles. The van der Waals surface area contributed by atoms with Crippen LogP contribution in [0.4, 0.5) is 10.1 Å². The number of anilines is 1. The zero-order valence-electron chi connectivity index (χ0n) is 22.9. The average molecular weight is 551 g/mol. The second kappa shape index (κ2) is 11.4. The van der Waals surface area contributed by atoms with Crippen molar-refractivity contribution >= 4 is 23.2 Å². The molecule has 0 radical (unpaired) electrons. The van der Waals surface area contributed by atoms with Crippen LogP contribution in [0, 0.1) is 12.7 Å². The van der Waals surface area contributed by atoms with Crippen LogP contribution >= 0.6 is 0 Å². The van der Waals surface area contributed by atoms with Crippen molar-refractivity contribution in [2.24, 2.45) is 5.10 Å². The van der Waals surface area contributed by atoms with E-state index in [1.165, 1.54) is 6.07 Å². The lowest BCUT2D eigenvalue weighted by Crippen LogP contribution is -2.49. The number of benzene rings is 3. The predicted octanol–water partition coefficient (Wildman–Crippen LogP) is 5.83. The van der Waals surface area contributed by atoms with Crippen molar-refractivity contribution in [3.8, 4) is 11.1 Å². The number of aryl methyl sites for hydroxylation is 1. The molecule has 0 unspecified atom stereocenters. The van der Waals surface area contributed by atoms with Gasteiger partial charge in [0.15, 0.2) is 5.76 Å². The van der Waals surface area contributed by atoms with E-state index in [9.17, 15) is 14.0 Å². The van der Waals surface area contributed by atoms with Crippen molar-refractivity contribution in [2.45, 2.75) is 26.2 Å². The van der Waals surface area contributed by atoms with Crippen molar-refractivity contribution in [1.29, 1.82) is 0 Å². The van der Waals surface area contributed by atoms with Crippen LogP contribution in [0.1, 0.15) is 50.6 Å². The van der Waals surface area contributed by atoms with Crippen LogP contribution in [0.3, 0.4) is 0 Å². The second-order valence-corrected chi connectivity index (χ2v) is 10.4. The summed E-state index contributed by atoms with van der Waals surface area (Å²) in [6, 6.07) is 24.1. The maximum Gasteiger partial charge on any atom is 0.289 e. The molecule has 1 N–H and O–H groups in total. The summed E-state index contributed by atoms with van der Waals surface area (Å²) < 4.78 is 20.3. The fourth-order valence-electron chi connectivity index (χ4n) is 5.61. The zero-order valence-corrected chi connectivity index (χ0v) is 22.9. The standard InChI is InChI=1S/C33H31FN4O3/c1-22-30-27(35-36-32(39)25-16-14-24(15-17-25)23-8-3-2-4-9-23)11-7-13-29(30)41-31(22)33(40)38-20-18-37(19-21-38)28-12-6-5-10-26(28)34/h2-6,8-10,12,14-17H,7,11,13,18-21H2,1H3,(H,36,39)/b35-27+. The molecule has 1 aliphatic heterocycles. The number of rotatable bonds is 5. The number of hydrazone groups is 1. The molecular weight excluding hydrogens is 519 g/mol. The number of fused-ring (bicyclic) bond motifs is 1. The summed E-state index contributed by atoms with van der Waals surface area (Å²) in [7, 11) is 0. The molecule has 8 heteroatoms. The van der Waals surface area contributed by atoms with Crippen LogP contribution in [0.5, 0.6) is 0 Å². The number of hydrogen-bond acceptors (Lipinski definition) is 5. The number of piperazine rings is 1. The van der Waals surface area contributed by atoms with Crippen molar-refractivity contribution < 1.29 is 18.4 Å². The highest BCUT2D eigenvalue weighted by Crippen LogP contribution is 2.31. The SMILES string of the molecule is Cc1c(C(=O)N2CCN(c3ccccc3F)CC2)oc2c1/C(=N/NC(=O)c1ccc(-c3ccccc3)cc1)CCC2. The Morgan fingerprint density at radius 2 is 1.54 bits per heavy atom. The topological polar surface area (TPSA) is 78.2 Å². The molecule has 0 atom stereocenters. The summed E-state index contributed by atoms with van der Waals surface area (Å²) in [6.07, 6.45) is 2.20. The van der Waals surface area contributed by atoms with Gasteiger partial charge in [-0.25, -0.2) is 9.82 Å². The molecule has 1 aromatic heterocycles. The van der Waals surface area contributed by atoms with E-state index in [0.29, 0.717) is 61.7 Å². The Morgan fingerprint density at radius 3 is 2.27 bits per heavy atom. The molecule has 0 spiro atoms. The molecule has 2 amide bonds. The van der Waals surface area contributed by atoms with E-state index in [2.05, 4.69) is 10.5 Å². The van der Waals surface area contributed by atoms with Gasteiger partial charge < -0.3 is 14.2 Å². The van der Waals surface area contributed by atoms with Crippen molar-refractivity contribution in [3.63, 3.8) is 0 Å². The summed E-state index contributed by atoms with van der Waals surface area (Å²) >= 11 is 0. The maximum atomic E-state index is 14.2. The van der Waals surface area contributed by atoms with E-state index in [1.807, 2.05) is 60.4 Å². The van der Waals surface area contributed by atoms with Gasteiger partial charge in [-0.05, 0) is 55.2 Å². The number of furan rings is 1. The average Bonchev–Trinajstić information content (AvgIpc) is 3.37. The van der Waals surface area contributed by atoms with Gasteiger partial charge in [-0.2, -0.15) is 5.10 Å². The van der Waals surface area contributed by atoms with E-state index < -0.39 is 0 Å². The van der Waals surface area contributed by atoms with E-state index in [-0.39, 0.29) is 17.6 Å². The quantitative estimate of drug-likeness (QED) is 0.318. The highest BCUT2D eigenvalue weighted by molar-refractivity contribution is 6.07. The first-order chi connectivity index (χ1) is 20.0. The van der Waals surface area contributed by atoms with Crippen LogP contribution < -0.4 is 10.3 Å². The number of amides is 2.